The average molecular weight is 569 g/mol. The van der Waals surface area contributed by atoms with Gasteiger partial charge in [-0.2, -0.15) is 5.10 Å². The van der Waals surface area contributed by atoms with Crippen molar-refractivity contribution in [2.45, 2.75) is 59.3 Å². The molecule has 0 aliphatic heterocycles. The molecule has 0 saturated carbocycles. The van der Waals surface area contributed by atoms with Crippen molar-refractivity contribution in [1.29, 1.82) is 0 Å². The maximum atomic E-state index is 13.0. The van der Waals surface area contributed by atoms with Crippen molar-refractivity contribution in [3.63, 3.8) is 0 Å². The van der Waals surface area contributed by atoms with Gasteiger partial charge < -0.3 is 4.52 Å². The van der Waals surface area contributed by atoms with Gasteiger partial charge in [-0.05, 0) is 49.4 Å². The molecular weight excluding hydrogens is 537 g/mol. The molecule has 0 saturated heterocycles. The number of halogens is 2. The van der Waals surface area contributed by atoms with E-state index in [2.05, 4.69) is 63.6 Å². The van der Waals surface area contributed by atoms with Crippen LogP contribution in [0.2, 0.25) is 10.0 Å². The average Bonchev–Trinajstić information content (AvgIpc) is 3.47. The van der Waals surface area contributed by atoms with Crippen molar-refractivity contribution in [2.75, 3.05) is 0 Å². The van der Waals surface area contributed by atoms with Gasteiger partial charge in [0.25, 0.3) is 11.8 Å². The van der Waals surface area contributed by atoms with Gasteiger partial charge in [0.05, 0.1) is 21.4 Å². The molecule has 2 aromatic heterocycles. The highest BCUT2D eigenvalue weighted by atomic mass is 35.5. The summed E-state index contributed by atoms with van der Waals surface area (Å²) in [5, 5.41) is 9.46. The van der Waals surface area contributed by atoms with Crippen LogP contribution in [0.4, 0.5) is 0 Å². The number of hydrogen-bond acceptors (Lipinski definition) is 5. The fourth-order valence-electron chi connectivity index (χ4n) is 4.02. The van der Waals surface area contributed by atoms with E-state index in [1.54, 1.807) is 37.3 Å². The lowest BCUT2D eigenvalue weighted by molar-refractivity contribution is 0.0846. The van der Waals surface area contributed by atoms with E-state index in [1.165, 1.54) is 0 Å². The van der Waals surface area contributed by atoms with E-state index < -0.39 is 11.8 Å². The summed E-state index contributed by atoms with van der Waals surface area (Å²) in [6.07, 6.45) is 0. The highest BCUT2D eigenvalue weighted by molar-refractivity contribution is 6.39. The van der Waals surface area contributed by atoms with Crippen molar-refractivity contribution in [2.24, 2.45) is 0 Å². The summed E-state index contributed by atoms with van der Waals surface area (Å²) in [5.41, 5.74) is 8.53. The maximum Gasteiger partial charge on any atom is 0.275 e. The summed E-state index contributed by atoms with van der Waals surface area (Å²) in [5.74, 6) is -0.861. The normalized spacial score (nSPS) is 11.9. The number of rotatable bonds is 4. The van der Waals surface area contributed by atoms with Crippen LogP contribution in [0.15, 0.2) is 53.1 Å². The molecule has 0 aliphatic rings. The molecule has 4 aromatic rings. The minimum atomic E-state index is -0.620. The van der Waals surface area contributed by atoms with Gasteiger partial charge in [-0.1, -0.05) is 76.0 Å². The van der Waals surface area contributed by atoms with E-state index in [1.807, 2.05) is 16.8 Å². The topological polar surface area (TPSA) is 102 Å². The van der Waals surface area contributed by atoms with Gasteiger partial charge in [-0.25, -0.2) is 4.68 Å². The van der Waals surface area contributed by atoms with Crippen LogP contribution in [-0.2, 0) is 10.8 Å². The third kappa shape index (κ3) is 5.87. The van der Waals surface area contributed by atoms with Gasteiger partial charge in [0.1, 0.15) is 17.0 Å². The molecule has 0 bridgehead atoms. The quantitative estimate of drug-likeness (QED) is 0.263. The number of carbonyl (C=O) groups is 2. The summed E-state index contributed by atoms with van der Waals surface area (Å²) in [6, 6.07) is 14.1. The van der Waals surface area contributed by atoms with E-state index in [0.717, 1.165) is 17.1 Å². The van der Waals surface area contributed by atoms with E-state index in [0.29, 0.717) is 21.2 Å². The minimum Gasteiger partial charge on any atom is -0.360 e. The van der Waals surface area contributed by atoms with Crippen LogP contribution in [0, 0.1) is 6.92 Å². The fourth-order valence-corrected chi connectivity index (χ4v) is 4.59. The molecule has 10 heteroatoms. The Bertz CT molecular complexity index is 1520. The van der Waals surface area contributed by atoms with Crippen LogP contribution in [0.3, 0.4) is 0 Å². The zero-order chi connectivity index (χ0) is 28.7. The second-order valence-corrected chi connectivity index (χ2v) is 12.2. The largest absolute Gasteiger partial charge is 0.360 e. The zero-order valence-electron chi connectivity index (χ0n) is 22.9. The molecule has 2 aromatic carbocycles. The van der Waals surface area contributed by atoms with Crippen LogP contribution in [0.5, 0.6) is 0 Å². The molecular formula is C29H31Cl2N5O3. The summed E-state index contributed by atoms with van der Waals surface area (Å²) in [7, 11) is 0. The molecule has 0 atom stereocenters. The SMILES string of the molecule is Cc1onc(-c2c(Cl)cccc2Cl)c1C(=O)NNC(=O)c1ccc(-n2nc(C(C)(C)C)cc2C(C)(C)C)cc1. The Labute approximate surface area is 237 Å². The number of carbonyl (C=O) groups excluding carboxylic acids is 2. The lowest BCUT2D eigenvalue weighted by Gasteiger charge is -2.20. The molecule has 2 amide bonds. The van der Waals surface area contributed by atoms with Crippen molar-refractivity contribution in [1.82, 2.24) is 25.8 Å². The molecule has 4 rings (SSSR count). The van der Waals surface area contributed by atoms with Crippen LogP contribution in [-0.4, -0.2) is 26.8 Å². The minimum absolute atomic E-state index is 0.108. The molecule has 2 heterocycles. The third-order valence-corrected chi connectivity index (χ3v) is 6.83. The maximum absolute atomic E-state index is 13.0. The molecule has 204 valence electrons. The van der Waals surface area contributed by atoms with Crippen molar-refractivity contribution in [3.05, 3.63) is 86.9 Å². The second-order valence-electron chi connectivity index (χ2n) is 11.3. The van der Waals surface area contributed by atoms with Gasteiger partial charge in [0.15, 0.2) is 0 Å². The van der Waals surface area contributed by atoms with Crippen LogP contribution in [0.1, 0.15) is 79.4 Å². The van der Waals surface area contributed by atoms with Crippen molar-refractivity contribution < 1.29 is 14.1 Å². The van der Waals surface area contributed by atoms with E-state index in [9.17, 15) is 9.59 Å². The number of hydrazine groups is 1. The van der Waals surface area contributed by atoms with Gasteiger partial charge in [0.2, 0.25) is 0 Å². The summed E-state index contributed by atoms with van der Waals surface area (Å²) < 4.78 is 7.15. The highest BCUT2D eigenvalue weighted by Gasteiger charge is 2.27. The molecule has 39 heavy (non-hydrogen) atoms. The Morgan fingerprint density at radius 3 is 2.03 bits per heavy atom. The number of nitrogens with zero attached hydrogens (tertiary/aromatic N) is 3. The molecule has 0 fully saturated rings. The molecule has 0 spiro atoms. The lowest BCUT2D eigenvalue weighted by Crippen LogP contribution is -2.41. The van der Waals surface area contributed by atoms with Gasteiger partial charge in [0, 0.05) is 27.7 Å². The Hall–Kier alpha value is -3.62. The van der Waals surface area contributed by atoms with Gasteiger partial charge in [-0.15, -0.1) is 0 Å². The Kier molecular flexibility index (Phi) is 7.65. The standard InChI is InChI=1S/C29H31Cl2N5O3/c1-16-23(25(35-39-16)24-19(30)9-8-10-20(24)31)27(38)33-32-26(37)17-11-13-18(14-12-17)36-22(29(5,6)7)15-21(34-36)28(2,3)4/h8-15H,1-7H3,(H,32,37)(H,33,38). The molecule has 2 N–H and O–H groups in total. The summed E-state index contributed by atoms with van der Waals surface area (Å²) in [6.45, 7) is 14.4. The third-order valence-electron chi connectivity index (χ3n) is 6.20. The molecule has 0 radical (unpaired) electrons. The van der Waals surface area contributed by atoms with Crippen LogP contribution >= 0.6 is 23.2 Å². The summed E-state index contributed by atoms with van der Waals surface area (Å²) in [4.78, 5) is 25.9. The Morgan fingerprint density at radius 2 is 1.46 bits per heavy atom. The predicted molar refractivity (Wildman–Crippen MR) is 153 cm³/mol. The van der Waals surface area contributed by atoms with Crippen LogP contribution < -0.4 is 10.9 Å². The number of aryl methyl sites for hydroxylation is 1. The number of benzene rings is 2. The highest BCUT2D eigenvalue weighted by Crippen LogP contribution is 2.36. The van der Waals surface area contributed by atoms with Crippen LogP contribution in [0.25, 0.3) is 16.9 Å². The first-order valence-corrected chi connectivity index (χ1v) is 13.2. The predicted octanol–water partition coefficient (Wildman–Crippen LogP) is 6.81. The van der Waals surface area contributed by atoms with E-state index in [-0.39, 0.29) is 27.8 Å². The first kappa shape index (κ1) is 28.4. The van der Waals surface area contributed by atoms with Gasteiger partial charge >= 0.3 is 0 Å². The Balaban J connectivity index is 1.53. The molecule has 0 unspecified atom stereocenters. The van der Waals surface area contributed by atoms with Crippen molar-refractivity contribution >= 4 is 35.0 Å². The number of nitrogens with one attached hydrogen (secondary N) is 2. The number of aromatic nitrogens is 3. The smallest absolute Gasteiger partial charge is 0.275 e. The second kappa shape index (κ2) is 10.5. The van der Waals surface area contributed by atoms with E-state index in [4.69, 9.17) is 32.8 Å². The fraction of sp³-hybridized carbons (Fsp3) is 0.310. The Morgan fingerprint density at radius 1 is 0.872 bits per heavy atom. The summed E-state index contributed by atoms with van der Waals surface area (Å²) >= 11 is 12.6. The monoisotopic (exact) mass is 567 g/mol. The molecule has 0 aliphatic carbocycles. The number of hydrogen-bond donors (Lipinski definition) is 2. The van der Waals surface area contributed by atoms with Gasteiger partial charge in [-0.3, -0.25) is 20.4 Å². The first-order valence-electron chi connectivity index (χ1n) is 12.4. The number of amides is 2. The molecule has 8 nitrogen and oxygen atoms in total. The van der Waals surface area contributed by atoms with Crippen molar-refractivity contribution in [3.8, 4) is 16.9 Å². The van der Waals surface area contributed by atoms with E-state index >= 15 is 0 Å². The zero-order valence-corrected chi connectivity index (χ0v) is 24.5. The lowest BCUT2D eigenvalue weighted by atomic mass is 9.88. The first-order chi connectivity index (χ1) is 18.2.